The highest BCUT2D eigenvalue weighted by atomic mass is 16.1. The topological polar surface area (TPSA) is 17.1 Å². The molecule has 0 saturated heterocycles. The lowest BCUT2D eigenvalue weighted by atomic mass is 9.93. The minimum Gasteiger partial charge on any atom is -0.299 e. The summed E-state index contributed by atoms with van der Waals surface area (Å²) in [6.45, 7) is 6.71. The summed E-state index contributed by atoms with van der Waals surface area (Å²) in [5.74, 6) is 1.51. The van der Waals surface area contributed by atoms with Gasteiger partial charge in [0.15, 0.2) is 0 Å². The van der Waals surface area contributed by atoms with Gasteiger partial charge >= 0.3 is 0 Å². The maximum absolute atomic E-state index is 9.90. The van der Waals surface area contributed by atoms with Crippen molar-refractivity contribution in [2.24, 2.45) is 11.8 Å². The molecule has 0 aromatic heterocycles. The van der Waals surface area contributed by atoms with Crippen LogP contribution in [0.4, 0.5) is 0 Å². The van der Waals surface area contributed by atoms with E-state index in [-0.39, 0.29) is 0 Å². The normalized spacial score (nSPS) is 14.2. The molecule has 1 heteroatoms. The lowest BCUT2D eigenvalue weighted by molar-refractivity contribution is -0.104. The van der Waals surface area contributed by atoms with Crippen molar-refractivity contribution in [1.29, 1.82) is 0 Å². The zero-order valence-corrected chi connectivity index (χ0v) is 7.71. The molecule has 0 fully saturated rings. The minimum absolute atomic E-state index is 0.750. The lowest BCUT2D eigenvalue weighted by Gasteiger charge is -2.13. The number of carbonyl (C=O) groups excluding carboxylic acids is 1. The SMILES string of the molecule is CC(C)C(C)CCC=CC=O. The van der Waals surface area contributed by atoms with E-state index in [4.69, 9.17) is 0 Å². The molecule has 0 radical (unpaired) electrons. The van der Waals surface area contributed by atoms with Crippen LogP contribution in [0.3, 0.4) is 0 Å². The summed E-state index contributed by atoms with van der Waals surface area (Å²) < 4.78 is 0. The number of rotatable bonds is 5. The Morgan fingerprint density at radius 3 is 2.36 bits per heavy atom. The van der Waals surface area contributed by atoms with Gasteiger partial charge in [0.2, 0.25) is 0 Å². The van der Waals surface area contributed by atoms with Crippen LogP contribution in [-0.2, 0) is 4.79 Å². The Morgan fingerprint density at radius 2 is 1.91 bits per heavy atom. The van der Waals surface area contributed by atoms with Gasteiger partial charge in [0, 0.05) is 0 Å². The van der Waals surface area contributed by atoms with Gasteiger partial charge in [-0.15, -0.1) is 0 Å². The van der Waals surface area contributed by atoms with Crippen LogP contribution in [0.2, 0.25) is 0 Å². The van der Waals surface area contributed by atoms with E-state index in [1.54, 1.807) is 6.08 Å². The van der Waals surface area contributed by atoms with E-state index in [9.17, 15) is 4.79 Å². The Labute approximate surface area is 69.5 Å². The third-order valence-corrected chi connectivity index (χ3v) is 2.14. The molecular weight excluding hydrogens is 136 g/mol. The Hall–Kier alpha value is -0.590. The van der Waals surface area contributed by atoms with Gasteiger partial charge in [-0.2, -0.15) is 0 Å². The Balaban J connectivity index is 3.38. The van der Waals surface area contributed by atoms with Crippen LogP contribution in [0, 0.1) is 11.8 Å². The minimum atomic E-state index is 0.750. The lowest BCUT2D eigenvalue weighted by Crippen LogP contribution is -2.02. The van der Waals surface area contributed by atoms with Crippen molar-refractivity contribution in [2.45, 2.75) is 33.6 Å². The van der Waals surface area contributed by atoms with E-state index in [1.807, 2.05) is 6.08 Å². The fraction of sp³-hybridized carbons (Fsp3) is 0.700. The highest BCUT2D eigenvalue weighted by Gasteiger charge is 2.04. The zero-order valence-electron chi connectivity index (χ0n) is 7.71. The summed E-state index contributed by atoms with van der Waals surface area (Å²) in [5.41, 5.74) is 0. The van der Waals surface area contributed by atoms with Crippen LogP contribution in [-0.4, -0.2) is 6.29 Å². The molecule has 0 N–H and O–H groups in total. The first-order valence-electron chi connectivity index (χ1n) is 4.28. The van der Waals surface area contributed by atoms with Gasteiger partial charge in [-0.3, -0.25) is 4.79 Å². The second-order valence-electron chi connectivity index (χ2n) is 3.36. The van der Waals surface area contributed by atoms with Gasteiger partial charge in [-0.25, -0.2) is 0 Å². The second-order valence-corrected chi connectivity index (χ2v) is 3.36. The van der Waals surface area contributed by atoms with Crippen LogP contribution < -0.4 is 0 Å². The highest BCUT2D eigenvalue weighted by Crippen LogP contribution is 2.15. The molecule has 0 rings (SSSR count). The van der Waals surface area contributed by atoms with Gasteiger partial charge in [0.1, 0.15) is 6.29 Å². The monoisotopic (exact) mass is 154 g/mol. The zero-order chi connectivity index (χ0) is 8.69. The Morgan fingerprint density at radius 1 is 1.27 bits per heavy atom. The number of hydrogen-bond donors (Lipinski definition) is 0. The molecule has 0 aliphatic carbocycles. The Bertz CT molecular complexity index is 125. The van der Waals surface area contributed by atoms with Crippen molar-refractivity contribution in [1.82, 2.24) is 0 Å². The quantitative estimate of drug-likeness (QED) is 0.439. The molecule has 1 nitrogen and oxygen atoms in total. The number of hydrogen-bond acceptors (Lipinski definition) is 1. The summed E-state index contributed by atoms with van der Waals surface area (Å²) in [4.78, 5) is 9.90. The molecule has 0 aliphatic heterocycles. The van der Waals surface area contributed by atoms with Gasteiger partial charge in [0.25, 0.3) is 0 Å². The molecule has 0 heterocycles. The van der Waals surface area contributed by atoms with E-state index in [1.165, 1.54) is 6.42 Å². The van der Waals surface area contributed by atoms with Gasteiger partial charge < -0.3 is 0 Å². The molecule has 11 heavy (non-hydrogen) atoms. The maximum Gasteiger partial charge on any atom is 0.142 e. The Kier molecular flexibility index (Phi) is 5.81. The van der Waals surface area contributed by atoms with Gasteiger partial charge in [-0.05, 0) is 30.8 Å². The predicted octanol–water partition coefficient (Wildman–Crippen LogP) is 2.81. The van der Waals surface area contributed by atoms with Gasteiger partial charge in [-0.1, -0.05) is 26.8 Å². The third kappa shape index (κ3) is 5.84. The van der Waals surface area contributed by atoms with Crippen LogP contribution in [0.5, 0.6) is 0 Å². The maximum atomic E-state index is 9.90. The fourth-order valence-corrected chi connectivity index (χ4v) is 0.844. The van der Waals surface area contributed by atoms with Crippen molar-refractivity contribution in [3.05, 3.63) is 12.2 Å². The van der Waals surface area contributed by atoms with E-state index in [0.717, 1.165) is 24.5 Å². The summed E-state index contributed by atoms with van der Waals surface area (Å²) in [6, 6.07) is 0. The fourth-order valence-electron chi connectivity index (χ4n) is 0.844. The molecular formula is C10H18O. The molecule has 0 amide bonds. The second kappa shape index (κ2) is 6.14. The average molecular weight is 154 g/mol. The molecule has 0 spiro atoms. The summed E-state index contributed by atoms with van der Waals surface area (Å²) in [5, 5.41) is 0. The average Bonchev–Trinajstić information content (AvgIpc) is 1.97. The molecule has 0 saturated carbocycles. The first-order valence-corrected chi connectivity index (χ1v) is 4.28. The van der Waals surface area contributed by atoms with E-state index >= 15 is 0 Å². The molecule has 64 valence electrons. The first kappa shape index (κ1) is 10.4. The molecule has 1 atom stereocenters. The van der Waals surface area contributed by atoms with Crippen molar-refractivity contribution in [2.75, 3.05) is 0 Å². The number of allylic oxidation sites excluding steroid dienone is 2. The summed E-state index contributed by atoms with van der Waals surface area (Å²) >= 11 is 0. The van der Waals surface area contributed by atoms with E-state index in [2.05, 4.69) is 20.8 Å². The molecule has 0 aromatic carbocycles. The largest absolute Gasteiger partial charge is 0.299 e. The highest BCUT2D eigenvalue weighted by molar-refractivity contribution is 5.64. The van der Waals surface area contributed by atoms with Crippen molar-refractivity contribution >= 4 is 6.29 Å². The summed E-state index contributed by atoms with van der Waals surface area (Å²) in [7, 11) is 0. The van der Waals surface area contributed by atoms with Crippen molar-refractivity contribution in [3.63, 3.8) is 0 Å². The van der Waals surface area contributed by atoms with Crippen LogP contribution in [0.15, 0.2) is 12.2 Å². The molecule has 1 unspecified atom stereocenters. The van der Waals surface area contributed by atoms with Crippen molar-refractivity contribution in [3.8, 4) is 0 Å². The molecule has 0 bridgehead atoms. The van der Waals surface area contributed by atoms with Gasteiger partial charge in [0.05, 0.1) is 0 Å². The number of aldehydes is 1. The molecule has 0 aliphatic rings. The summed E-state index contributed by atoms with van der Waals surface area (Å²) in [6.07, 6.45) is 6.55. The predicted molar refractivity (Wildman–Crippen MR) is 48.4 cm³/mol. The first-order chi connectivity index (χ1) is 5.18. The van der Waals surface area contributed by atoms with Crippen LogP contribution in [0.25, 0.3) is 0 Å². The van der Waals surface area contributed by atoms with Crippen LogP contribution in [0.1, 0.15) is 33.6 Å². The standard InChI is InChI=1S/C10H18O/c1-9(2)10(3)7-5-4-6-8-11/h4,6,8-10H,5,7H2,1-3H3. The number of carbonyl (C=O) groups is 1. The molecule has 0 aromatic rings. The van der Waals surface area contributed by atoms with Crippen LogP contribution >= 0.6 is 0 Å². The van der Waals surface area contributed by atoms with Crippen molar-refractivity contribution < 1.29 is 4.79 Å². The third-order valence-electron chi connectivity index (χ3n) is 2.14. The van der Waals surface area contributed by atoms with E-state index in [0.29, 0.717) is 0 Å². The smallest absolute Gasteiger partial charge is 0.142 e. The van der Waals surface area contributed by atoms with E-state index < -0.39 is 0 Å².